The van der Waals surface area contributed by atoms with Gasteiger partial charge in [0.15, 0.2) is 12.0 Å². The number of carbonyl (C=O) groups excluding carboxylic acids is 2. The fraction of sp³-hybridized carbons (Fsp3) is 0.667. The third kappa shape index (κ3) is 7.84. The molecule has 2 aliphatic rings. The Morgan fingerprint density at radius 1 is 1.23 bits per heavy atom. The molecule has 1 aromatic heterocycles. The van der Waals surface area contributed by atoms with Crippen molar-refractivity contribution in [3.8, 4) is 5.75 Å². The average molecular weight is 502 g/mol. The Morgan fingerprint density at radius 2 is 1.90 bits per heavy atom. The highest BCUT2D eigenvalue weighted by atomic mass is 79.9. The minimum absolute atomic E-state index is 0.0342. The van der Waals surface area contributed by atoms with E-state index in [1.807, 2.05) is 33.8 Å². The lowest BCUT2D eigenvalue weighted by atomic mass is 9.99. The molecule has 1 unspecified atom stereocenters. The average Bonchev–Trinajstić information content (AvgIpc) is 2.52. The van der Waals surface area contributed by atoms with Gasteiger partial charge in [-0.05, 0) is 69.5 Å². The highest BCUT2D eigenvalue weighted by Crippen LogP contribution is 2.29. The van der Waals surface area contributed by atoms with Gasteiger partial charge in [-0.15, -0.1) is 0 Å². The van der Waals surface area contributed by atoms with E-state index in [0.29, 0.717) is 12.3 Å². The van der Waals surface area contributed by atoms with Gasteiger partial charge in [-0.1, -0.05) is 0 Å². The topological polar surface area (TPSA) is 101 Å². The Balaban J connectivity index is 0.000000285. The van der Waals surface area contributed by atoms with Crippen molar-refractivity contribution in [1.29, 1.82) is 0 Å². The van der Waals surface area contributed by atoms with Gasteiger partial charge < -0.3 is 29.1 Å². The zero-order valence-corrected chi connectivity index (χ0v) is 20.3. The van der Waals surface area contributed by atoms with Crippen LogP contribution in [0.15, 0.2) is 22.9 Å². The molecule has 1 aromatic rings. The third-order valence-corrected chi connectivity index (χ3v) is 5.32. The van der Waals surface area contributed by atoms with Gasteiger partial charge in [-0.3, -0.25) is 4.98 Å². The molecule has 2 aliphatic heterocycles. The molecule has 1 N–H and O–H groups in total. The summed E-state index contributed by atoms with van der Waals surface area (Å²) in [7, 11) is 0. The highest BCUT2D eigenvalue weighted by molar-refractivity contribution is 9.10. The number of likely N-dealkylation sites (tertiary alicyclic amines) is 2. The first-order chi connectivity index (χ1) is 14.5. The number of halogens is 1. The lowest BCUT2D eigenvalue weighted by Gasteiger charge is -2.44. The summed E-state index contributed by atoms with van der Waals surface area (Å²) in [6.45, 7) is 11.2. The smallest absolute Gasteiger partial charge is 0.412 e. The highest BCUT2D eigenvalue weighted by Gasteiger charge is 2.39. The monoisotopic (exact) mass is 501 g/mol. The Bertz CT molecular complexity index is 751. The van der Waals surface area contributed by atoms with Crippen LogP contribution in [0.5, 0.6) is 5.75 Å². The third-order valence-electron chi connectivity index (χ3n) is 4.67. The molecule has 174 valence electrons. The van der Waals surface area contributed by atoms with Crippen LogP contribution >= 0.6 is 15.9 Å². The summed E-state index contributed by atoms with van der Waals surface area (Å²) >= 11 is 3.43. The van der Waals surface area contributed by atoms with Crippen molar-refractivity contribution in [2.75, 3.05) is 19.6 Å². The van der Waals surface area contributed by atoms with Crippen LogP contribution in [0.2, 0.25) is 0 Å². The van der Waals surface area contributed by atoms with E-state index >= 15 is 0 Å². The lowest BCUT2D eigenvalue weighted by Crippen LogP contribution is -2.58. The number of rotatable bonds is 4. The summed E-state index contributed by atoms with van der Waals surface area (Å²) in [5.74, 6) is 0.682. The molecule has 3 rings (SSSR count). The number of nitrogens with zero attached hydrogens (tertiary/aromatic N) is 3. The molecule has 0 bridgehead atoms. The molecule has 0 saturated carbocycles. The van der Waals surface area contributed by atoms with Gasteiger partial charge in [0.05, 0.1) is 16.7 Å². The number of pyridine rings is 1. The second-order valence-corrected chi connectivity index (χ2v) is 9.34. The summed E-state index contributed by atoms with van der Waals surface area (Å²) in [6, 6.07) is 1.86. The Kier molecular flexibility index (Phi) is 8.93. The van der Waals surface area contributed by atoms with Gasteiger partial charge in [0, 0.05) is 25.8 Å². The van der Waals surface area contributed by atoms with E-state index in [1.165, 1.54) is 6.92 Å². The molecule has 0 aliphatic carbocycles. The summed E-state index contributed by atoms with van der Waals surface area (Å²) in [6.07, 6.45) is 3.50. The van der Waals surface area contributed by atoms with Crippen molar-refractivity contribution in [2.45, 2.75) is 71.5 Å². The van der Waals surface area contributed by atoms with Gasteiger partial charge in [0.1, 0.15) is 11.7 Å². The number of aromatic nitrogens is 1. The summed E-state index contributed by atoms with van der Waals surface area (Å²) in [5, 5.41) is 8.62. The Hall–Kier alpha value is -2.07. The molecule has 9 nitrogen and oxygen atoms in total. The van der Waals surface area contributed by atoms with E-state index in [9.17, 15) is 9.59 Å². The molecule has 3 heterocycles. The molecule has 10 heteroatoms. The summed E-state index contributed by atoms with van der Waals surface area (Å²) < 4.78 is 16.7. The molecule has 0 spiro atoms. The largest absolute Gasteiger partial charge is 0.486 e. The number of hydrogen-bond donors (Lipinski definition) is 1. The first-order valence-electron chi connectivity index (χ1n) is 10.4. The van der Waals surface area contributed by atoms with Crippen LogP contribution in [0.4, 0.5) is 9.59 Å². The van der Waals surface area contributed by atoms with E-state index in [4.69, 9.17) is 14.6 Å². The van der Waals surface area contributed by atoms with Gasteiger partial charge in [-0.2, -0.15) is 0 Å². The van der Waals surface area contributed by atoms with E-state index in [2.05, 4.69) is 25.7 Å². The molecule has 2 saturated heterocycles. The summed E-state index contributed by atoms with van der Waals surface area (Å²) in [4.78, 5) is 30.2. The van der Waals surface area contributed by atoms with E-state index < -0.39 is 18.0 Å². The van der Waals surface area contributed by atoms with Crippen molar-refractivity contribution in [1.82, 2.24) is 14.8 Å². The number of ether oxygens (including phenoxy) is 3. The molecule has 2 fully saturated rings. The lowest BCUT2D eigenvalue weighted by molar-refractivity contribution is -0.0560. The minimum atomic E-state index is -0.993. The summed E-state index contributed by atoms with van der Waals surface area (Å²) in [5.41, 5.74) is -0.478. The van der Waals surface area contributed by atoms with Crippen LogP contribution in [0.1, 0.15) is 47.5 Å². The molecular weight excluding hydrogens is 470 g/mol. The molecule has 2 amide bonds. The van der Waals surface area contributed by atoms with Crippen LogP contribution in [0, 0.1) is 0 Å². The fourth-order valence-corrected chi connectivity index (χ4v) is 3.20. The second-order valence-electron chi connectivity index (χ2n) is 8.48. The zero-order valence-electron chi connectivity index (χ0n) is 18.7. The van der Waals surface area contributed by atoms with Crippen molar-refractivity contribution in [3.05, 3.63) is 22.9 Å². The van der Waals surface area contributed by atoms with E-state index in [0.717, 1.165) is 30.4 Å². The Labute approximate surface area is 191 Å². The number of hydrogen-bond acceptors (Lipinski definition) is 7. The predicted octanol–water partition coefficient (Wildman–Crippen LogP) is 3.79. The van der Waals surface area contributed by atoms with Crippen molar-refractivity contribution >= 4 is 28.1 Å². The van der Waals surface area contributed by atoms with Crippen LogP contribution in [-0.2, 0) is 9.47 Å². The maximum absolute atomic E-state index is 12.1. The number of aliphatic hydroxyl groups excluding tert-OH is 1. The molecule has 3 atom stereocenters. The Morgan fingerprint density at radius 3 is 2.35 bits per heavy atom. The van der Waals surface area contributed by atoms with E-state index in [-0.39, 0.29) is 18.2 Å². The maximum Gasteiger partial charge on any atom is 0.412 e. The van der Waals surface area contributed by atoms with E-state index in [1.54, 1.807) is 22.2 Å². The minimum Gasteiger partial charge on any atom is -0.486 e. The zero-order chi connectivity index (χ0) is 23.2. The quantitative estimate of drug-likeness (QED) is 0.626. The predicted molar refractivity (Wildman–Crippen MR) is 118 cm³/mol. The number of amides is 2. The fourth-order valence-electron chi connectivity index (χ4n) is 2.89. The van der Waals surface area contributed by atoms with Gasteiger partial charge in [0.25, 0.3) is 0 Å². The van der Waals surface area contributed by atoms with Crippen LogP contribution in [-0.4, -0.2) is 75.7 Å². The normalized spacial score (nSPS) is 19.6. The SMILES string of the molecule is C[C@@H](O)OC(=O)N1CCC1.C[C@@H](Oc1cnccc1Br)C1CCN1C(=O)OC(C)(C)C. The molecule has 0 radical (unpaired) electrons. The van der Waals surface area contributed by atoms with Crippen LogP contribution in [0.3, 0.4) is 0 Å². The first kappa shape index (κ1) is 25.2. The van der Waals surface area contributed by atoms with Crippen LogP contribution < -0.4 is 4.74 Å². The van der Waals surface area contributed by atoms with Gasteiger partial charge in [-0.25, -0.2) is 9.59 Å². The van der Waals surface area contributed by atoms with Gasteiger partial charge >= 0.3 is 12.2 Å². The standard InChI is InChI=1S/C15H21BrN2O3.C6H11NO3/c1-10(20-13-9-17-7-5-11(13)16)12-6-8-18(12)14(19)21-15(2,3)4;1-5(8)10-6(9)7-3-2-4-7/h5,7,9-10,12H,6,8H2,1-4H3;5,8H,2-4H2,1H3/t10-,12?;5-/m10/s1. The number of carbonyl (C=O) groups is 2. The molecule has 0 aromatic carbocycles. The van der Waals surface area contributed by atoms with Crippen molar-refractivity contribution in [3.63, 3.8) is 0 Å². The van der Waals surface area contributed by atoms with Crippen LogP contribution in [0.25, 0.3) is 0 Å². The number of aliphatic hydroxyl groups is 1. The first-order valence-corrected chi connectivity index (χ1v) is 11.2. The van der Waals surface area contributed by atoms with Crippen molar-refractivity contribution in [2.24, 2.45) is 0 Å². The second kappa shape index (κ2) is 11.0. The molecule has 31 heavy (non-hydrogen) atoms. The van der Waals surface area contributed by atoms with Gasteiger partial charge in [0.2, 0.25) is 0 Å². The maximum atomic E-state index is 12.1. The van der Waals surface area contributed by atoms with Crippen molar-refractivity contribution < 1.29 is 28.9 Å². The molecular formula is C21H32BrN3O6.